The Bertz CT molecular complexity index is 1090. The zero-order chi connectivity index (χ0) is 25.1. The van der Waals surface area contributed by atoms with Gasteiger partial charge in [-0.1, -0.05) is 18.2 Å². The molecule has 0 bridgehead atoms. The summed E-state index contributed by atoms with van der Waals surface area (Å²) in [7, 11) is 1.37. The van der Waals surface area contributed by atoms with Gasteiger partial charge in [-0.05, 0) is 74.5 Å². The molecular weight excluding hydrogens is 460 g/mol. The molecule has 3 fully saturated rings. The number of hydrogen-bond acceptors (Lipinski definition) is 7. The maximum atomic E-state index is 13.9. The number of esters is 1. The van der Waals surface area contributed by atoms with E-state index >= 15 is 0 Å². The van der Waals surface area contributed by atoms with Crippen molar-refractivity contribution >= 4 is 17.9 Å². The number of nitrogens with zero attached hydrogens (tertiary/aromatic N) is 3. The van der Waals surface area contributed by atoms with Gasteiger partial charge in [-0.15, -0.1) is 0 Å². The van der Waals surface area contributed by atoms with Crippen molar-refractivity contribution in [3.63, 3.8) is 0 Å². The number of hydrogen-bond donors (Lipinski definition) is 1. The fourth-order valence-corrected chi connectivity index (χ4v) is 5.65. The third-order valence-corrected chi connectivity index (χ3v) is 7.59. The van der Waals surface area contributed by atoms with Crippen LogP contribution in [0.25, 0.3) is 0 Å². The van der Waals surface area contributed by atoms with Crippen molar-refractivity contribution in [3.05, 3.63) is 65.5 Å². The van der Waals surface area contributed by atoms with E-state index in [4.69, 9.17) is 9.47 Å². The van der Waals surface area contributed by atoms with Gasteiger partial charge in [-0.3, -0.25) is 19.6 Å². The summed E-state index contributed by atoms with van der Waals surface area (Å²) in [6.45, 7) is 3.26. The number of methoxy groups -OCH3 is 1. The Morgan fingerprint density at radius 1 is 1.14 bits per heavy atom. The van der Waals surface area contributed by atoms with Gasteiger partial charge >= 0.3 is 12.0 Å². The number of aromatic nitrogens is 1. The molecule has 1 N–H and O–H groups in total. The van der Waals surface area contributed by atoms with Crippen LogP contribution in [0.3, 0.4) is 0 Å². The minimum absolute atomic E-state index is 0.0729. The Hall–Kier alpha value is -3.30. The number of imide groups is 1. The van der Waals surface area contributed by atoms with Crippen molar-refractivity contribution in [2.75, 3.05) is 33.4 Å². The van der Waals surface area contributed by atoms with Gasteiger partial charge < -0.3 is 14.8 Å². The lowest BCUT2D eigenvalue weighted by molar-refractivity contribution is -0.135. The molecule has 9 nitrogen and oxygen atoms in total. The van der Waals surface area contributed by atoms with Gasteiger partial charge in [0.05, 0.1) is 31.0 Å². The van der Waals surface area contributed by atoms with E-state index in [1.165, 1.54) is 12.0 Å². The summed E-state index contributed by atoms with van der Waals surface area (Å²) in [5, 5.41) is 3.07. The highest BCUT2D eigenvalue weighted by molar-refractivity contribution is 6.07. The molecule has 36 heavy (non-hydrogen) atoms. The number of urea groups is 1. The van der Waals surface area contributed by atoms with E-state index in [2.05, 4.69) is 15.2 Å². The number of pyridine rings is 1. The van der Waals surface area contributed by atoms with Gasteiger partial charge in [0.2, 0.25) is 0 Å². The fraction of sp³-hybridized carbons (Fsp3) is 0.481. The SMILES string of the molecule is COC(=O)c1ccc(CN2CCC(C3(c4ccccn4)NC(=O)N(CC4CCCO4)C3=O)CC2)cc1. The molecule has 5 rings (SSSR count). The second kappa shape index (κ2) is 10.4. The number of amides is 3. The zero-order valence-electron chi connectivity index (χ0n) is 20.5. The maximum absolute atomic E-state index is 13.9. The molecule has 2 atom stereocenters. The van der Waals surface area contributed by atoms with Crippen molar-refractivity contribution in [3.8, 4) is 0 Å². The van der Waals surface area contributed by atoms with Crippen LogP contribution in [-0.4, -0.2) is 72.1 Å². The molecular formula is C27H32N4O5. The second-order valence-electron chi connectivity index (χ2n) is 9.74. The Morgan fingerprint density at radius 3 is 2.56 bits per heavy atom. The first-order valence-corrected chi connectivity index (χ1v) is 12.6. The first kappa shape index (κ1) is 24.4. The van der Waals surface area contributed by atoms with Crippen LogP contribution >= 0.6 is 0 Å². The molecule has 3 saturated heterocycles. The first-order valence-electron chi connectivity index (χ1n) is 12.6. The van der Waals surface area contributed by atoms with Gasteiger partial charge in [0.1, 0.15) is 0 Å². The quantitative estimate of drug-likeness (QED) is 0.468. The van der Waals surface area contributed by atoms with Gasteiger partial charge in [0, 0.05) is 19.3 Å². The molecule has 0 radical (unpaired) electrons. The Balaban J connectivity index is 1.30. The number of carbonyl (C=O) groups is 3. The molecule has 1 aromatic heterocycles. The lowest BCUT2D eigenvalue weighted by Crippen LogP contribution is -2.54. The van der Waals surface area contributed by atoms with E-state index in [1.54, 1.807) is 18.3 Å². The molecule has 3 aliphatic rings. The highest BCUT2D eigenvalue weighted by Crippen LogP contribution is 2.41. The van der Waals surface area contributed by atoms with Crippen LogP contribution in [0.1, 0.15) is 47.3 Å². The summed E-state index contributed by atoms with van der Waals surface area (Å²) in [5.41, 5.74) is 1.06. The van der Waals surface area contributed by atoms with E-state index in [1.807, 2.05) is 30.3 Å². The van der Waals surface area contributed by atoms with Gasteiger partial charge in [0.15, 0.2) is 5.54 Å². The predicted molar refractivity (Wildman–Crippen MR) is 131 cm³/mol. The monoisotopic (exact) mass is 492 g/mol. The van der Waals surface area contributed by atoms with Gasteiger partial charge in [0.25, 0.3) is 5.91 Å². The van der Waals surface area contributed by atoms with Crippen molar-refractivity contribution in [2.45, 2.75) is 43.9 Å². The number of rotatable bonds is 7. The molecule has 2 aromatic rings. The topological polar surface area (TPSA) is 101 Å². The van der Waals surface area contributed by atoms with E-state index < -0.39 is 5.54 Å². The minimum atomic E-state index is -1.16. The maximum Gasteiger partial charge on any atom is 0.337 e. The molecule has 3 amide bonds. The lowest BCUT2D eigenvalue weighted by atomic mass is 9.75. The van der Waals surface area contributed by atoms with Gasteiger partial charge in [-0.2, -0.15) is 0 Å². The number of nitrogens with one attached hydrogen (secondary N) is 1. The minimum Gasteiger partial charge on any atom is -0.465 e. The van der Waals surface area contributed by atoms with E-state index in [0.717, 1.165) is 50.9 Å². The summed E-state index contributed by atoms with van der Waals surface area (Å²) in [5.74, 6) is -0.645. The van der Waals surface area contributed by atoms with Crippen LogP contribution in [0.15, 0.2) is 48.7 Å². The van der Waals surface area contributed by atoms with E-state index in [9.17, 15) is 14.4 Å². The number of benzene rings is 1. The average Bonchev–Trinajstić information content (AvgIpc) is 3.52. The van der Waals surface area contributed by atoms with Crippen molar-refractivity contribution in [1.82, 2.24) is 20.1 Å². The highest BCUT2D eigenvalue weighted by atomic mass is 16.5. The predicted octanol–water partition coefficient (Wildman–Crippen LogP) is 2.71. The van der Waals surface area contributed by atoms with Crippen molar-refractivity contribution in [2.24, 2.45) is 5.92 Å². The van der Waals surface area contributed by atoms with Crippen molar-refractivity contribution in [1.29, 1.82) is 0 Å². The average molecular weight is 493 g/mol. The molecule has 0 aliphatic carbocycles. The number of carbonyl (C=O) groups excluding carboxylic acids is 3. The Morgan fingerprint density at radius 2 is 1.92 bits per heavy atom. The first-order chi connectivity index (χ1) is 17.5. The molecule has 190 valence electrons. The van der Waals surface area contributed by atoms with Crippen LogP contribution in [-0.2, 0) is 26.4 Å². The largest absolute Gasteiger partial charge is 0.465 e. The molecule has 3 aliphatic heterocycles. The van der Waals surface area contributed by atoms with Crippen molar-refractivity contribution < 1.29 is 23.9 Å². The zero-order valence-corrected chi connectivity index (χ0v) is 20.5. The number of likely N-dealkylation sites (tertiary alicyclic amines) is 1. The summed E-state index contributed by atoms with van der Waals surface area (Å²) >= 11 is 0. The molecule has 9 heteroatoms. The van der Waals surface area contributed by atoms with Crippen LogP contribution in [0.4, 0.5) is 4.79 Å². The van der Waals surface area contributed by atoms with Crippen LogP contribution < -0.4 is 5.32 Å². The summed E-state index contributed by atoms with van der Waals surface area (Å²) in [6.07, 6.45) is 4.86. The Labute approximate surface area is 210 Å². The molecule has 2 unspecified atom stereocenters. The second-order valence-corrected chi connectivity index (χ2v) is 9.74. The third kappa shape index (κ3) is 4.60. The summed E-state index contributed by atoms with van der Waals surface area (Å²) in [4.78, 5) is 46.9. The molecule has 1 aromatic carbocycles. The number of ether oxygens (including phenoxy) is 2. The van der Waals surface area contributed by atoms with Gasteiger partial charge in [-0.25, -0.2) is 9.59 Å². The highest BCUT2D eigenvalue weighted by Gasteiger charge is 2.58. The normalized spacial score (nSPS) is 25.2. The summed E-state index contributed by atoms with van der Waals surface area (Å²) in [6, 6.07) is 12.6. The third-order valence-electron chi connectivity index (χ3n) is 7.59. The van der Waals surface area contributed by atoms with Crippen LogP contribution in [0.2, 0.25) is 0 Å². The standard InChI is InChI=1S/C27H32N4O5/c1-35-24(32)20-9-7-19(8-10-20)17-30-14-11-21(12-15-30)27(23-6-2-3-13-28-23)25(33)31(26(34)29-27)18-22-5-4-16-36-22/h2-3,6-10,13,21-22H,4-5,11-12,14-18H2,1H3,(H,29,34). The van der Waals surface area contributed by atoms with E-state index in [-0.39, 0.29) is 36.5 Å². The smallest absolute Gasteiger partial charge is 0.337 e. The summed E-state index contributed by atoms with van der Waals surface area (Å²) < 4.78 is 10.5. The molecule has 0 saturated carbocycles. The molecule has 0 spiro atoms. The number of piperidine rings is 1. The lowest BCUT2D eigenvalue weighted by Gasteiger charge is -2.40. The Kier molecular flexibility index (Phi) is 7.02. The van der Waals surface area contributed by atoms with Crippen LogP contribution in [0, 0.1) is 5.92 Å². The molecule has 4 heterocycles. The fourth-order valence-electron chi connectivity index (χ4n) is 5.65. The van der Waals surface area contributed by atoms with E-state index in [0.29, 0.717) is 17.9 Å². The van der Waals surface area contributed by atoms with Crippen LogP contribution in [0.5, 0.6) is 0 Å².